The summed E-state index contributed by atoms with van der Waals surface area (Å²) < 4.78 is 9.97. The Morgan fingerprint density at radius 2 is 2.20 bits per heavy atom. The van der Waals surface area contributed by atoms with Gasteiger partial charge in [-0.15, -0.1) is 0 Å². The van der Waals surface area contributed by atoms with E-state index in [1.807, 2.05) is 0 Å². The van der Waals surface area contributed by atoms with Gasteiger partial charge in [0, 0.05) is 11.1 Å². The van der Waals surface area contributed by atoms with Crippen molar-refractivity contribution in [3.05, 3.63) is 34.8 Å². The summed E-state index contributed by atoms with van der Waals surface area (Å²) in [5.74, 6) is -0.930. The first-order valence-corrected chi connectivity index (χ1v) is 5.97. The fraction of sp³-hybridized carbons (Fsp3) is 0.214. The lowest BCUT2D eigenvalue weighted by Gasteiger charge is -2.13. The molecule has 20 heavy (non-hydrogen) atoms. The highest BCUT2D eigenvalue weighted by atomic mass is 16.5. The van der Waals surface area contributed by atoms with E-state index in [0.29, 0.717) is 11.1 Å². The summed E-state index contributed by atoms with van der Waals surface area (Å²) in [6.07, 6.45) is 0. The van der Waals surface area contributed by atoms with E-state index >= 15 is 0 Å². The van der Waals surface area contributed by atoms with Crippen molar-refractivity contribution in [2.24, 2.45) is 0 Å². The van der Waals surface area contributed by atoms with Crippen LogP contribution in [0.25, 0.3) is 15.7 Å². The van der Waals surface area contributed by atoms with Gasteiger partial charge in [-0.2, -0.15) is 0 Å². The number of benzene rings is 2. The van der Waals surface area contributed by atoms with E-state index in [-0.39, 0.29) is 23.2 Å². The molecule has 102 valence electrons. The Morgan fingerprint density at radius 3 is 2.80 bits per heavy atom. The number of methoxy groups -OCH3 is 1. The van der Waals surface area contributed by atoms with Crippen LogP contribution in [0.4, 0.5) is 5.69 Å². The van der Waals surface area contributed by atoms with Crippen molar-refractivity contribution in [2.45, 2.75) is 6.92 Å². The van der Waals surface area contributed by atoms with Crippen LogP contribution in [-0.2, 0) is 4.74 Å². The molecule has 0 aliphatic carbocycles. The zero-order valence-corrected chi connectivity index (χ0v) is 11.0. The normalized spacial score (nSPS) is 10.1. The zero-order valence-electron chi connectivity index (χ0n) is 11.0. The van der Waals surface area contributed by atoms with Crippen LogP contribution in [0.2, 0.25) is 0 Å². The van der Waals surface area contributed by atoms with Crippen LogP contribution >= 0.6 is 0 Å². The number of hydrogen-bond acceptors (Lipinski definition) is 5. The van der Waals surface area contributed by atoms with Crippen molar-refractivity contribution in [2.75, 3.05) is 13.7 Å². The molecule has 0 aliphatic rings. The highest BCUT2D eigenvalue weighted by Gasteiger charge is 2.25. The van der Waals surface area contributed by atoms with Gasteiger partial charge in [0.05, 0.1) is 13.7 Å². The number of nitrogens with zero attached hydrogens (tertiary/aromatic N) is 2. The quantitative estimate of drug-likeness (QED) is 0.633. The van der Waals surface area contributed by atoms with Crippen LogP contribution in [0.15, 0.2) is 24.3 Å². The second-order valence-electron chi connectivity index (χ2n) is 3.98. The molecule has 0 fully saturated rings. The molecule has 0 bridgehead atoms. The van der Waals surface area contributed by atoms with E-state index < -0.39 is 11.7 Å². The fourth-order valence-electron chi connectivity index (χ4n) is 2.01. The molecule has 0 atom stereocenters. The number of diazo groups is 1. The van der Waals surface area contributed by atoms with Crippen molar-refractivity contribution in [3.8, 4) is 11.5 Å². The third-order valence-electron chi connectivity index (χ3n) is 2.87. The molecule has 0 spiro atoms. The van der Waals surface area contributed by atoms with Crippen LogP contribution < -0.4 is 9.84 Å². The third kappa shape index (κ3) is 2.10. The molecule has 6 heteroatoms. The van der Waals surface area contributed by atoms with E-state index in [4.69, 9.17) is 14.9 Å². The SMILES string of the molecule is CCOC(=O)c1cc2cccc(OC)c2c([O-])c1[N+]#N. The Kier molecular flexibility index (Phi) is 3.71. The van der Waals surface area contributed by atoms with Crippen LogP contribution in [0, 0.1) is 5.39 Å². The molecule has 2 rings (SSSR count). The Balaban J connectivity index is 2.80. The number of carbonyl (C=O) groups excluding carboxylic acids is 1. The minimum atomic E-state index is -0.706. The second-order valence-corrected chi connectivity index (χ2v) is 3.98. The molecule has 0 amide bonds. The van der Waals surface area contributed by atoms with Gasteiger partial charge in [0.1, 0.15) is 5.75 Å². The molecule has 0 saturated heterocycles. The molecule has 0 aliphatic heterocycles. The van der Waals surface area contributed by atoms with Gasteiger partial charge in [-0.05, 0) is 24.4 Å². The topological polar surface area (TPSA) is 86.7 Å². The lowest BCUT2D eigenvalue weighted by Crippen LogP contribution is -2.07. The minimum absolute atomic E-state index is 0.0693. The van der Waals surface area contributed by atoms with Crippen molar-refractivity contribution in [1.82, 2.24) is 0 Å². The number of carbonyl (C=O) groups is 1. The van der Waals surface area contributed by atoms with Crippen molar-refractivity contribution >= 4 is 22.4 Å². The first kappa shape index (κ1) is 13.6. The van der Waals surface area contributed by atoms with Gasteiger partial charge >= 0.3 is 11.7 Å². The summed E-state index contributed by atoms with van der Waals surface area (Å²) in [5.41, 5.74) is -0.416. The Hall–Kier alpha value is -2.81. The average Bonchev–Trinajstić information content (AvgIpc) is 2.46. The van der Waals surface area contributed by atoms with Crippen molar-refractivity contribution in [3.63, 3.8) is 0 Å². The molecule has 0 heterocycles. The van der Waals surface area contributed by atoms with Crippen LogP contribution in [0.5, 0.6) is 11.5 Å². The Morgan fingerprint density at radius 1 is 1.45 bits per heavy atom. The highest BCUT2D eigenvalue weighted by molar-refractivity contribution is 6.07. The molecule has 2 aromatic rings. The third-order valence-corrected chi connectivity index (χ3v) is 2.87. The summed E-state index contributed by atoms with van der Waals surface area (Å²) in [4.78, 5) is 14.7. The molecule has 0 saturated carbocycles. The molecule has 6 nitrogen and oxygen atoms in total. The van der Waals surface area contributed by atoms with Gasteiger partial charge in [0.15, 0.2) is 10.5 Å². The predicted molar refractivity (Wildman–Crippen MR) is 70.6 cm³/mol. The van der Waals surface area contributed by atoms with E-state index in [0.717, 1.165) is 0 Å². The van der Waals surface area contributed by atoms with Gasteiger partial charge in [-0.3, -0.25) is 0 Å². The van der Waals surface area contributed by atoms with E-state index in [2.05, 4.69) is 4.98 Å². The molecule has 0 radical (unpaired) electrons. The lowest BCUT2D eigenvalue weighted by molar-refractivity contribution is -0.264. The monoisotopic (exact) mass is 272 g/mol. The highest BCUT2D eigenvalue weighted by Crippen LogP contribution is 2.41. The lowest BCUT2D eigenvalue weighted by atomic mass is 10.0. The van der Waals surface area contributed by atoms with Crippen molar-refractivity contribution in [1.29, 1.82) is 5.39 Å². The molecular weight excluding hydrogens is 260 g/mol. The number of ether oxygens (including phenoxy) is 2. The average molecular weight is 272 g/mol. The summed E-state index contributed by atoms with van der Waals surface area (Å²) in [5, 5.41) is 22.1. The Bertz CT molecular complexity index is 719. The summed E-state index contributed by atoms with van der Waals surface area (Å²) in [6, 6.07) is 6.44. The summed E-state index contributed by atoms with van der Waals surface area (Å²) >= 11 is 0. The van der Waals surface area contributed by atoms with Gasteiger partial charge in [0.25, 0.3) is 0 Å². The first-order valence-electron chi connectivity index (χ1n) is 5.97. The maximum absolute atomic E-state index is 12.3. The smallest absolute Gasteiger partial charge is 0.392 e. The fourth-order valence-corrected chi connectivity index (χ4v) is 2.01. The predicted octanol–water partition coefficient (Wildman–Crippen LogP) is 2.58. The summed E-state index contributed by atoms with van der Waals surface area (Å²) in [6.45, 7) is 1.81. The molecule has 0 aromatic heterocycles. The molecule has 2 aromatic carbocycles. The number of hydrogen-bond donors (Lipinski definition) is 0. The number of fused-ring (bicyclic) bond motifs is 1. The van der Waals surface area contributed by atoms with Gasteiger partial charge < -0.3 is 14.6 Å². The van der Waals surface area contributed by atoms with Crippen LogP contribution in [-0.4, -0.2) is 19.7 Å². The molecule has 0 unspecified atom stereocenters. The maximum Gasteiger partial charge on any atom is 0.392 e. The van der Waals surface area contributed by atoms with Gasteiger partial charge in [-0.25, -0.2) is 4.79 Å². The number of rotatable bonds is 3. The van der Waals surface area contributed by atoms with Crippen molar-refractivity contribution < 1.29 is 19.4 Å². The van der Waals surface area contributed by atoms with E-state index in [1.54, 1.807) is 25.1 Å². The number of esters is 1. The van der Waals surface area contributed by atoms with Gasteiger partial charge in [-0.1, -0.05) is 12.1 Å². The standard InChI is InChI=1S/C14H12N2O4/c1-3-20-14(18)9-7-8-5-4-6-10(19-2)11(8)13(17)12(9)16-15/h4-7H,3H2,1-2H3. The van der Waals surface area contributed by atoms with Gasteiger partial charge in [0.2, 0.25) is 5.39 Å². The second kappa shape index (κ2) is 5.45. The van der Waals surface area contributed by atoms with E-state index in [9.17, 15) is 9.90 Å². The van der Waals surface area contributed by atoms with Crippen LogP contribution in [0.1, 0.15) is 17.3 Å². The maximum atomic E-state index is 12.3. The van der Waals surface area contributed by atoms with Crippen LogP contribution in [0.3, 0.4) is 0 Å². The molecule has 0 N–H and O–H groups in total. The Labute approximate surface area is 115 Å². The zero-order chi connectivity index (χ0) is 14.7. The first-order chi connectivity index (χ1) is 9.63. The molecular formula is C14H12N2O4. The van der Waals surface area contributed by atoms with E-state index in [1.165, 1.54) is 13.2 Å². The minimum Gasteiger partial charge on any atom is -0.867 e. The largest absolute Gasteiger partial charge is 0.867 e. The summed E-state index contributed by atoms with van der Waals surface area (Å²) in [7, 11) is 1.43.